The van der Waals surface area contributed by atoms with Gasteiger partial charge in [0.15, 0.2) is 4.67 Å². The number of benzene rings is 2. The summed E-state index contributed by atoms with van der Waals surface area (Å²) in [4.78, 5) is 16.9. The van der Waals surface area contributed by atoms with E-state index in [1.54, 1.807) is 19.2 Å². The number of ether oxygens (including phenoxy) is 1. The molecule has 2 heterocycles. The molecule has 0 aliphatic rings. The molecule has 0 aliphatic carbocycles. The summed E-state index contributed by atoms with van der Waals surface area (Å²) in [7, 11) is 1.58. The molecule has 2 aromatic carbocycles. The van der Waals surface area contributed by atoms with Crippen LogP contribution in [-0.2, 0) is 6.54 Å². The van der Waals surface area contributed by atoms with Gasteiger partial charge in [0.1, 0.15) is 11.3 Å². The molecule has 0 radical (unpaired) electrons. The lowest BCUT2D eigenvalue weighted by Crippen LogP contribution is -2.25. The third-order valence-electron chi connectivity index (χ3n) is 4.44. The summed E-state index contributed by atoms with van der Waals surface area (Å²) >= 11 is 3.31. The number of furan rings is 1. The Hall–Kier alpha value is -2.80. The van der Waals surface area contributed by atoms with E-state index in [9.17, 15) is 4.79 Å². The van der Waals surface area contributed by atoms with Gasteiger partial charge in [-0.25, -0.2) is 4.98 Å². The van der Waals surface area contributed by atoms with Gasteiger partial charge in [0.2, 0.25) is 0 Å². The zero-order valence-electron chi connectivity index (χ0n) is 14.7. The molecule has 1 amide bonds. The summed E-state index contributed by atoms with van der Waals surface area (Å²) in [5.74, 6) is 0.454. The predicted molar refractivity (Wildman–Crippen MR) is 107 cm³/mol. The maximum absolute atomic E-state index is 12.5. The minimum Gasteiger partial charge on any atom is -0.496 e. The first-order valence-corrected chi connectivity index (χ1v) is 9.40. The lowest BCUT2D eigenvalue weighted by Gasteiger charge is -2.08. The second-order valence-corrected chi connectivity index (χ2v) is 6.96. The predicted octanol–water partition coefficient (Wildman–Crippen LogP) is 4.37. The average Bonchev–Trinajstić information content (AvgIpc) is 3.26. The van der Waals surface area contributed by atoms with E-state index in [4.69, 9.17) is 9.15 Å². The van der Waals surface area contributed by atoms with Crippen LogP contribution in [0.5, 0.6) is 5.75 Å². The van der Waals surface area contributed by atoms with Crippen LogP contribution in [0.3, 0.4) is 0 Å². The van der Waals surface area contributed by atoms with Crippen LogP contribution in [0.2, 0.25) is 0 Å². The highest BCUT2D eigenvalue weighted by molar-refractivity contribution is 9.10. The fourth-order valence-corrected chi connectivity index (χ4v) is 3.52. The van der Waals surface area contributed by atoms with Crippen molar-refractivity contribution in [1.82, 2.24) is 14.9 Å². The van der Waals surface area contributed by atoms with Gasteiger partial charge in [0.25, 0.3) is 5.91 Å². The number of nitrogens with zero attached hydrogens (tertiary/aromatic N) is 2. The van der Waals surface area contributed by atoms with Gasteiger partial charge in [0.05, 0.1) is 29.9 Å². The number of fused-ring (bicyclic) bond motifs is 2. The number of carbonyl (C=O) groups excluding carboxylic acids is 1. The molecule has 4 rings (SSSR count). The lowest BCUT2D eigenvalue weighted by atomic mass is 10.1. The van der Waals surface area contributed by atoms with Crippen molar-refractivity contribution in [2.75, 3.05) is 13.7 Å². The van der Waals surface area contributed by atoms with Gasteiger partial charge in [-0.15, -0.1) is 0 Å². The van der Waals surface area contributed by atoms with Crippen molar-refractivity contribution >= 4 is 43.8 Å². The largest absolute Gasteiger partial charge is 0.496 e. The number of amides is 1. The molecular formula is C20H18BrN3O3. The molecule has 0 aliphatic heterocycles. The van der Waals surface area contributed by atoms with Gasteiger partial charge in [-0.3, -0.25) is 4.79 Å². The van der Waals surface area contributed by atoms with Crippen molar-refractivity contribution in [1.29, 1.82) is 0 Å². The number of aromatic nitrogens is 2. The second-order valence-electron chi connectivity index (χ2n) is 6.18. The van der Waals surface area contributed by atoms with Crippen LogP contribution in [0, 0.1) is 0 Å². The molecule has 0 spiro atoms. The summed E-state index contributed by atoms with van der Waals surface area (Å²) in [6.07, 6.45) is 2.64. The molecule has 138 valence electrons. The van der Waals surface area contributed by atoms with Gasteiger partial charge in [-0.2, -0.15) is 0 Å². The number of imidazole rings is 1. The summed E-state index contributed by atoms with van der Waals surface area (Å²) in [6.45, 7) is 1.35. The Morgan fingerprint density at radius 3 is 3.00 bits per heavy atom. The molecule has 7 heteroatoms. The number of carbonyl (C=O) groups is 1. The number of aryl methyl sites for hydroxylation is 1. The highest BCUT2D eigenvalue weighted by atomic mass is 79.9. The molecule has 0 atom stereocenters. The van der Waals surface area contributed by atoms with Crippen molar-refractivity contribution in [3.05, 3.63) is 59.0 Å². The van der Waals surface area contributed by atoms with Gasteiger partial charge in [-0.05, 0) is 46.6 Å². The highest BCUT2D eigenvalue weighted by Gasteiger charge is 2.14. The summed E-state index contributed by atoms with van der Waals surface area (Å²) < 4.78 is 13.6. The maximum Gasteiger partial charge on any atom is 0.251 e. The number of halogens is 1. The van der Waals surface area contributed by atoms with Crippen LogP contribution >= 0.6 is 15.9 Å². The summed E-state index contributed by atoms with van der Waals surface area (Å²) in [5.41, 5.74) is 3.19. The molecule has 0 bridgehead atoms. The smallest absolute Gasteiger partial charge is 0.251 e. The van der Waals surface area contributed by atoms with E-state index in [2.05, 4.69) is 30.8 Å². The molecule has 6 nitrogen and oxygen atoms in total. The van der Waals surface area contributed by atoms with E-state index in [1.807, 2.05) is 36.7 Å². The number of rotatable bonds is 6. The van der Waals surface area contributed by atoms with Crippen LogP contribution in [0.4, 0.5) is 0 Å². The first-order valence-electron chi connectivity index (χ1n) is 8.61. The second kappa shape index (κ2) is 7.44. The average molecular weight is 428 g/mol. The van der Waals surface area contributed by atoms with Crippen LogP contribution < -0.4 is 10.1 Å². The van der Waals surface area contributed by atoms with Gasteiger partial charge in [0, 0.05) is 24.7 Å². The van der Waals surface area contributed by atoms with E-state index in [-0.39, 0.29) is 5.91 Å². The van der Waals surface area contributed by atoms with Crippen LogP contribution in [0.1, 0.15) is 16.8 Å². The zero-order chi connectivity index (χ0) is 18.8. The molecular weight excluding hydrogens is 410 g/mol. The van der Waals surface area contributed by atoms with E-state index in [0.29, 0.717) is 28.1 Å². The van der Waals surface area contributed by atoms with Crippen LogP contribution in [0.25, 0.3) is 22.0 Å². The number of para-hydroxylation sites is 2. The van der Waals surface area contributed by atoms with E-state index < -0.39 is 0 Å². The van der Waals surface area contributed by atoms with E-state index >= 15 is 0 Å². The molecule has 0 saturated heterocycles. The molecule has 0 saturated carbocycles. The first-order chi connectivity index (χ1) is 13.2. The zero-order valence-corrected chi connectivity index (χ0v) is 16.3. The van der Waals surface area contributed by atoms with Crippen LogP contribution in [-0.4, -0.2) is 29.1 Å². The first kappa shape index (κ1) is 17.6. The molecule has 0 unspecified atom stereocenters. The van der Waals surface area contributed by atoms with E-state index in [1.165, 1.54) is 0 Å². The quantitative estimate of drug-likeness (QED) is 0.463. The Kier molecular flexibility index (Phi) is 4.85. The molecule has 1 N–H and O–H groups in total. The van der Waals surface area contributed by atoms with Gasteiger partial charge < -0.3 is 19.0 Å². The molecule has 4 aromatic rings. The number of hydrogen-bond acceptors (Lipinski definition) is 4. The SMILES string of the molecule is COc1cc(C(=O)NCCCn2cnc3ccccc32)cc2oc(Br)cc12. The Morgan fingerprint density at radius 1 is 1.30 bits per heavy atom. The van der Waals surface area contributed by atoms with Gasteiger partial charge in [-0.1, -0.05) is 12.1 Å². The Labute approximate surface area is 164 Å². The van der Waals surface area contributed by atoms with Crippen molar-refractivity contribution in [2.24, 2.45) is 0 Å². The van der Waals surface area contributed by atoms with Crippen LogP contribution in [0.15, 0.2) is 57.9 Å². The Bertz CT molecular complexity index is 1120. The summed E-state index contributed by atoms with van der Waals surface area (Å²) in [5, 5.41) is 3.78. The minimum atomic E-state index is -0.154. The Morgan fingerprint density at radius 2 is 2.15 bits per heavy atom. The monoisotopic (exact) mass is 427 g/mol. The third kappa shape index (κ3) is 3.55. The standard InChI is InChI=1S/C20H18BrN3O3/c1-26-17-9-13(10-18-14(17)11-19(21)27-18)20(25)22-7-4-8-24-12-23-15-5-2-3-6-16(15)24/h2-3,5-6,9-12H,4,7-8H2,1H3,(H,22,25). The topological polar surface area (TPSA) is 69.3 Å². The third-order valence-corrected chi connectivity index (χ3v) is 4.83. The van der Waals surface area contributed by atoms with Crippen molar-refractivity contribution in [3.8, 4) is 5.75 Å². The van der Waals surface area contributed by atoms with Crippen molar-refractivity contribution in [2.45, 2.75) is 13.0 Å². The fraction of sp³-hybridized carbons (Fsp3) is 0.200. The normalized spacial score (nSPS) is 11.2. The van der Waals surface area contributed by atoms with Gasteiger partial charge >= 0.3 is 0 Å². The fourth-order valence-electron chi connectivity index (χ4n) is 3.12. The number of nitrogens with one attached hydrogen (secondary N) is 1. The van der Waals surface area contributed by atoms with Crippen molar-refractivity contribution < 1.29 is 13.9 Å². The number of hydrogen-bond donors (Lipinski definition) is 1. The lowest BCUT2D eigenvalue weighted by molar-refractivity contribution is 0.0952. The molecule has 0 fully saturated rings. The Balaban J connectivity index is 1.40. The highest BCUT2D eigenvalue weighted by Crippen LogP contribution is 2.32. The molecule has 27 heavy (non-hydrogen) atoms. The number of methoxy groups -OCH3 is 1. The van der Waals surface area contributed by atoms with E-state index in [0.717, 1.165) is 29.4 Å². The maximum atomic E-state index is 12.5. The molecule has 2 aromatic heterocycles. The minimum absolute atomic E-state index is 0.154. The van der Waals surface area contributed by atoms with Crippen molar-refractivity contribution in [3.63, 3.8) is 0 Å². The summed E-state index contributed by atoms with van der Waals surface area (Å²) in [6, 6.07) is 13.3.